The third kappa shape index (κ3) is 4.07. The average molecular weight is 367 g/mol. The molecule has 0 radical (unpaired) electrons. The van der Waals surface area contributed by atoms with Gasteiger partial charge >= 0.3 is 5.97 Å². The molecule has 0 atom stereocenters. The molecule has 24 heavy (non-hydrogen) atoms. The normalized spacial score (nSPS) is 15.8. The number of thiocarbonyl (C=S) groups is 1. The topological polar surface area (TPSA) is 65.1 Å². The van der Waals surface area contributed by atoms with Crippen LogP contribution >= 0.6 is 24.0 Å². The number of methoxy groups -OCH3 is 2. The Balaban J connectivity index is 2.21. The second-order valence-corrected chi connectivity index (χ2v) is 6.36. The number of carbonyl (C=O) groups is 2. The van der Waals surface area contributed by atoms with Crippen molar-refractivity contribution in [1.82, 2.24) is 4.90 Å². The van der Waals surface area contributed by atoms with Crippen LogP contribution in [0, 0.1) is 0 Å². The first-order valence-corrected chi connectivity index (χ1v) is 8.35. The van der Waals surface area contributed by atoms with Crippen LogP contribution in [0.25, 0.3) is 6.08 Å². The smallest absolute Gasteiger partial charge is 0.326 e. The van der Waals surface area contributed by atoms with E-state index in [1.807, 2.05) is 0 Å². The minimum atomic E-state index is -0.485. The fourth-order valence-electron chi connectivity index (χ4n) is 2.07. The highest BCUT2D eigenvalue weighted by molar-refractivity contribution is 8.26. The van der Waals surface area contributed by atoms with Gasteiger partial charge in [0, 0.05) is 0 Å². The molecule has 1 amide bonds. The molecule has 128 valence electrons. The molecule has 0 bridgehead atoms. The Kier molecular flexibility index (Phi) is 6.22. The number of amides is 1. The first kappa shape index (κ1) is 18.3. The van der Waals surface area contributed by atoms with Gasteiger partial charge in [0.25, 0.3) is 5.91 Å². The van der Waals surface area contributed by atoms with E-state index in [2.05, 4.69) is 0 Å². The number of nitrogens with zero attached hydrogens (tertiary/aromatic N) is 1. The van der Waals surface area contributed by atoms with Crippen LogP contribution in [-0.4, -0.2) is 48.5 Å². The van der Waals surface area contributed by atoms with Crippen molar-refractivity contribution in [3.63, 3.8) is 0 Å². The summed E-state index contributed by atoms with van der Waals surface area (Å²) in [7, 11) is 3.10. The maximum absolute atomic E-state index is 12.4. The van der Waals surface area contributed by atoms with E-state index in [-0.39, 0.29) is 19.1 Å². The van der Waals surface area contributed by atoms with E-state index in [1.54, 1.807) is 45.4 Å². The Morgan fingerprint density at radius 2 is 2.00 bits per heavy atom. The van der Waals surface area contributed by atoms with Gasteiger partial charge in [0.15, 0.2) is 11.5 Å². The third-order valence-corrected chi connectivity index (χ3v) is 4.55. The fourth-order valence-corrected chi connectivity index (χ4v) is 3.32. The number of rotatable bonds is 6. The van der Waals surface area contributed by atoms with E-state index in [0.717, 1.165) is 17.3 Å². The van der Waals surface area contributed by atoms with Crippen LogP contribution in [0.15, 0.2) is 23.1 Å². The molecule has 0 spiro atoms. The van der Waals surface area contributed by atoms with Gasteiger partial charge in [-0.2, -0.15) is 0 Å². The Morgan fingerprint density at radius 1 is 1.29 bits per heavy atom. The van der Waals surface area contributed by atoms with Crippen LogP contribution in [-0.2, 0) is 14.3 Å². The number of ether oxygens (including phenoxy) is 3. The van der Waals surface area contributed by atoms with Crippen molar-refractivity contribution in [2.24, 2.45) is 0 Å². The van der Waals surface area contributed by atoms with E-state index >= 15 is 0 Å². The van der Waals surface area contributed by atoms with Gasteiger partial charge in [-0.15, -0.1) is 0 Å². The minimum absolute atomic E-state index is 0.179. The van der Waals surface area contributed by atoms with Crippen LogP contribution in [0.1, 0.15) is 12.5 Å². The van der Waals surface area contributed by atoms with E-state index in [9.17, 15) is 9.59 Å². The molecule has 6 nitrogen and oxygen atoms in total. The van der Waals surface area contributed by atoms with E-state index in [4.69, 9.17) is 26.4 Å². The number of esters is 1. The van der Waals surface area contributed by atoms with Gasteiger partial charge in [-0.1, -0.05) is 30.0 Å². The zero-order valence-electron chi connectivity index (χ0n) is 13.5. The van der Waals surface area contributed by atoms with Gasteiger partial charge in [0.2, 0.25) is 0 Å². The molecule has 2 rings (SSSR count). The van der Waals surface area contributed by atoms with Gasteiger partial charge in [-0.3, -0.25) is 14.5 Å². The van der Waals surface area contributed by atoms with Crippen LogP contribution < -0.4 is 9.47 Å². The first-order valence-electron chi connectivity index (χ1n) is 7.13. The molecule has 1 saturated heterocycles. The molecule has 1 aliphatic rings. The summed E-state index contributed by atoms with van der Waals surface area (Å²) >= 11 is 6.33. The van der Waals surface area contributed by atoms with Crippen molar-refractivity contribution in [2.45, 2.75) is 6.92 Å². The Labute approximate surface area is 149 Å². The highest BCUT2D eigenvalue weighted by Crippen LogP contribution is 2.34. The molecule has 0 aliphatic carbocycles. The number of hydrogen-bond donors (Lipinski definition) is 0. The molecule has 1 aliphatic heterocycles. The van der Waals surface area contributed by atoms with Gasteiger partial charge in [-0.05, 0) is 30.7 Å². The van der Waals surface area contributed by atoms with Crippen LogP contribution in [0.4, 0.5) is 0 Å². The molecule has 1 heterocycles. The van der Waals surface area contributed by atoms with Crippen LogP contribution in [0.5, 0.6) is 11.5 Å². The lowest BCUT2D eigenvalue weighted by Gasteiger charge is -2.12. The van der Waals surface area contributed by atoms with Gasteiger partial charge < -0.3 is 14.2 Å². The quantitative estimate of drug-likeness (QED) is 0.435. The van der Waals surface area contributed by atoms with Gasteiger partial charge in [0.1, 0.15) is 10.9 Å². The predicted octanol–water partition coefficient (Wildman–Crippen LogP) is 2.47. The van der Waals surface area contributed by atoms with Crippen molar-refractivity contribution in [1.29, 1.82) is 0 Å². The van der Waals surface area contributed by atoms with Crippen LogP contribution in [0.3, 0.4) is 0 Å². The average Bonchev–Trinajstić information content (AvgIpc) is 2.82. The number of carbonyl (C=O) groups excluding carboxylic acids is 2. The monoisotopic (exact) mass is 367 g/mol. The van der Waals surface area contributed by atoms with E-state index in [0.29, 0.717) is 20.7 Å². The molecule has 1 fully saturated rings. The largest absolute Gasteiger partial charge is 0.493 e. The van der Waals surface area contributed by atoms with Crippen LogP contribution in [0.2, 0.25) is 0 Å². The molecule has 8 heteroatoms. The number of benzene rings is 1. The molecule has 0 saturated carbocycles. The van der Waals surface area contributed by atoms with Crippen molar-refractivity contribution in [2.75, 3.05) is 27.4 Å². The van der Waals surface area contributed by atoms with Crippen molar-refractivity contribution in [3.8, 4) is 11.5 Å². The third-order valence-electron chi connectivity index (χ3n) is 3.17. The van der Waals surface area contributed by atoms with E-state index in [1.165, 1.54) is 4.90 Å². The van der Waals surface area contributed by atoms with Crippen molar-refractivity contribution < 1.29 is 23.8 Å². The number of hydrogen-bond acceptors (Lipinski definition) is 7. The molecule has 1 aromatic rings. The van der Waals surface area contributed by atoms with Gasteiger partial charge in [-0.25, -0.2) is 0 Å². The zero-order valence-corrected chi connectivity index (χ0v) is 15.2. The van der Waals surface area contributed by atoms with Crippen molar-refractivity contribution >= 4 is 46.3 Å². The molecular weight excluding hydrogens is 350 g/mol. The highest BCUT2D eigenvalue weighted by Gasteiger charge is 2.33. The SMILES string of the molecule is CCOC(=O)CN1C(=O)/C(=C/c2ccc(OC)c(OC)c2)SC1=S. The lowest BCUT2D eigenvalue weighted by molar-refractivity contribution is -0.145. The number of thioether (sulfide) groups is 1. The minimum Gasteiger partial charge on any atom is -0.493 e. The molecule has 0 unspecified atom stereocenters. The van der Waals surface area contributed by atoms with Gasteiger partial charge in [0.05, 0.1) is 25.7 Å². The maximum atomic E-state index is 12.4. The second-order valence-electron chi connectivity index (χ2n) is 4.69. The Morgan fingerprint density at radius 3 is 2.62 bits per heavy atom. The Hall–Kier alpha value is -2.06. The summed E-state index contributed by atoms with van der Waals surface area (Å²) in [5.41, 5.74) is 0.768. The molecular formula is C16H17NO5S2. The molecule has 1 aromatic carbocycles. The summed E-state index contributed by atoms with van der Waals surface area (Å²) in [5.74, 6) is 0.367. The summed E-state index contributed by atoms with van der Waals surface area (Å²) in [6.45, 7) is 1.79. The molecule has 0 aromatic heterocycles. The summed E-state index contributed by atoms with van der Waals surface area (Å²) in [5, 5.41) is 0. The molecule has 0 N–H and O–H groups in total. The lowest BCUT2D eigenvalue weighted by Crippen LogP contribution is -2.34. The summed E-state index contributed by atoms with van der Waals surface area (Å²) in [4.78, 5) is 25.7. The van der Waals surface area contributed by atoms with E-state index < -0.39 is 5.97 Å². The summed E-state index contributed by atoms with van der Waals surface area (Å²) in [6.07, 6.45) is 1.70. The second kappa shape index (κ2) is 8.16. The zero-order chi connectivity index (χ0) is 17.7. The lowest BCUT2D eigenvalue weighted by atomic mass is 10.2. The highest BCUT2D eigenvalue weighted by atomic mass is 32.2. The summed E-state index contributed by atoms with van der Waals surface area (Å²) in [6, 6.07) is 5.32. The Bertz CT molecular complexity index is 702. The predicted molar refractivity (Wildman–Crippen MR) is 96.1 cm³/mol. The summed E-state index contributed by atoms with van der Waals surface area (Å²) < 4.78 is 15.6. The standard InChI is InChI=1S/C16H17NO5S2/c1-4-22-14(18)9-17-15(19)13(24-16(17)23)8-10-5-6-11(20-2)12(7-10)21-3/h5-8H,4,9H2,1-3H3/b13-8-. The first-order chi connectivity index (χ1) is 11.5. The van der Waals surface area contributed by atoms with Crippen molar-refractivity contribution in [3.05, 3.63) is 28.7 Å². The maximum Gasteiger partial charge on any atom is 0.326 e. The fraction of sp³-hybridized carbons (Fsp3) is 0.312.